The van der Waals surface area contributed by atoms with Crippen LogP contribution in [0.15, 0.2) is 0 Å². The van der Waals surface area contributed by atoms with Crippen LogP contribution in [0.4, 0.5) is 4.79 Å². The lowest BCUT2D eigenvalue weighted by atomic mass is 9.84. The zero-order valence-corrected chi connectivity index (χ0v) is 11.6. The molecule has 6 heteroatoms. The second kappa shape index (κ2) is 7.99. The number of nitrogens with one attached hydrogen (secondary N) is 2. The second-order valence-electron chi connectivity index (χ2n) is 5.13. The van der Waals surface area contributed by atoms with Crippen molar-refractivity contribution in [1.29, 1.82) is 0 Å². The van der Waals surface area contributed by atoms with Crippen LogP contribution in [0.2, 0.25) is 0 Å². The number of carbonyl (C=O) groups is 2. The van der Waals surface area contributed by atoms with Gasteiger partial charge in [-0.2, -0.15) is 0 Å². The standard InChI is InChI=1S/C13H24N2O4/c1-9(19-2)14-12(16)11(15-13(17)18)8-10-6-4-3-5-7-10/h9-11,15H,3-8H2,1-2H3,(H,14,16)(H,17,18). The molecule has 2 atom stereocenters. The number of ether oxygens (including phenoxy) is 1. The van der Waals surface area contributed by atoms with Crippen LogP contribution in [-0.4, -0.2) is 36.5 Å². The fraction of sp³-hybridized carbons (Fsp3) is 0.846. The minimum Gasteiger partial charge on any atom is -0.465 e. The van der Waals surface area contributed by atoms with Crippen LogP contribution in [0.3, 0.4) is 0 Å². The van der Waals surface area contributed by atoms with Crippen molar-refractivity contribution in [3.63, 3.8) is 0 Å². The third-order valence-corrected chi connectivity index (χ3v) is 3.61. The molecule has 0 aromatic heterocycles. The molecule has 1 aliphatic rings. The van der Waals surface area contributed by atoms with Crippen molar-refractivity contribution in [3.8, 4) is 0 Å². The van der Waals surface area contributed by atoms with E-state index in [0.717, 1.165) is 12.8 Å². The molecule has 1 saturated carbocycles. The minimum absolute atomic E-state index is 0.317. The van der Waals surface area contributed by atoms with Gasteiger partial charge in [-0.05, 0) is 19.3 Å². The first-order valence-electron chi connectivity index (χ1n) is 6.85. The van der Waals surface area contributed by atoms with Crippen molar-refractivity contribution in [2.75, 3.05) is 7.11 Å². The Morgan fingerprint density at radius 1 is 1.26 bits per heavy atom. The van der Waals surface area contributed by atoms with E-state index in [-0.39, 0.29) is 5.91 Å². The van der Waals surface area contributed by atoms with Crippen LogP contribution < -0.4 is 10.6 Å². The summed E-state index contributed by atoms with van der Waals surface area (Å²) < 4.78 is 4.96. The highest BCUT2D eigenvalue weighted by molar-refractivity contribution is 5.85. The maximum atomic E-state index is 12.0. The summed E-state index contributed by atoms with van der Waals surface area (Å²) in [5.74, 6) is 0.108. The summed E-state index contributed by atoms with van der Waals surface area (Å²) in [7, 11) is 1.49. The van der Waals surface area contributed by atoms with Gasteiger partial charge in [-0.15, -0.1) is 0 Å². The van der Waals surface area contributed by atoms with Crippen molar-refractivity contribution in [2.45, 2.75) is 57.7 Å². The molecule has 2 amide bonds. The van der Waals surface area contributed by atoms with E-state index in [1.54, 1.807) is 6.92 Å². The zero-order valence-electron chi connectivity index (χ0n) is 11.6. The first kappa shape index (κ1) is 15.8. The van der Waals surface area contributed by atoms with E-state index in [2.05, 4.69) is 10.6 Å². The fourth-order valence-electron chi connectivity index (χ4n) is 2.50. The van der Waals surface area contributed by atoms with Crippen LogP contribution in [0.1, 0.15) is 45.4 Å². The summed E-state index contributed by atoms with van der Waals surface area (Å²) in [6.45, 7) is 1.70. The molecule has 1 fully saturated rings. The van der Waals surface area contributed by atoms with Gasteiger partial charge in [0.15, 0.2) is 0 Å². The van der Waals surface area contributed by atoms with Crippen molar-refractivity contribution in [3.05, 3.63) is 0 Å². The molecule has 3 N–H and O–H groups in total. The number of carbonyl (C=O) groups excluding carboxylic acids is 1. The van der Waals surface area contributed by atoms with Crippen LogP contribution >= 0.6 is 0 Å². The maximum absolute atomic E-state index is 12.0. The van der Waals surface area contributed by atoms with Gasteiger partial charge >= 0.3 is 6.09 Å². The highest BCUT2D eigenvalue weighted by atomic mass is 16.5. The first-order chi connectivity index (χ1) is 9.02. The summed E-state index contributed by atoms with van der Waals surface area (Å²) in [4.78, 5) is 22.8. The van der Waals surface area contributed by atoms with Gasteiger partial charge in [-0.3, -0.25) is 4.79 Å². The number of hydrogen-bond acceptors (Lipinski definition) is 3. The van der Waals surface area contributed by atoms with Gasteiger partial charge in [0.25, 0.3) is 0 Å². The van der Waals surface area contributed by atoms with E-state index in [1.165, 1.54) is 26.4 Å². The Morgan fingerprint density at radius 3 is 2.42 bits per heavy atom. The van der Waals surface area contributed by atoms with Gasteiger partial charge in [0, 0.05) is 7.11 Å². The van der Waals surface area contributed by atoms with E-state index in [1.807, 2.05) is 0 Å². The van der Waals surface area contributed by atoms with Crippen LogP contribution in [0, 0.1) is 5.92 Å². The third kappa shape index (κ3) is 5.92. The summed E-state index contributed by atoms with van der Waals surface area (Å²) in [5, 5.41) is 13.8. The van der Waals surface area contributed by atoms with E-state index in [0.29, 0.717) is 12.3 Å². The summed E-state index contributed by atoms with van der Waals surface area (Å²) >= 11 is 0. The molecular formula is C13H24N2O4. The van der Waals surface area contributed by atoms with Crippen LogP contribution in [0.5, 0.6) is 0 Å². The molecule has 0 heterocycles. The fourth-order valence-corrected chi connectivity index (χ4v) is 2.50. The lowest BCUT2D eigenvalue weighted by Gasteiger charge is -2.26. The Labute approximate surface area is 113 Å². The van der Waals surface area contributed by atoms with Crippen molar-refractivity contribution >= 4 is 12.0 Å². The molecule has 0 aromatic rings. The van der Waals surface area contributed by atoms with Crippen molar-refractivity contribution < 1.29 is 19.4 Å². The summed E-state index contributed by atoms with van der Waals surface area (Å²) in [6.07, 6.45) is 4.70. The van der Waals surface area contributed by atoms with Crippen LogP contribution in [-0.2, 0) is 9.53 Å². The largest absolute Gasteiger partial charge is 0.465 e. The lowest BCUT2D eigenvalue weighted by Crippen LogP contribution is -2.50. The Balaban J connectivity index is 2.54. The summed E-state index contributed by atoms with van der Waals surface area (Å²) in [5.41, 5.74) is 0. The SMILES string of the molecule is COC(C)NC(=O)C(CC1CCCCC1)NC(=O)O. The molecule has 0 aliphatic heterocycles. The van der Waals surface area contributed by atoms with E-state index < -0.39 is 18.4 Å². The predicted molar refractivity (Wildman–Crippen MR) is 70.8 cm³/mol. The molecule has 0 spiro atoms. The summed E-state index contributed by atoms with van der Waals surface area (Å²) in [6, 6.07) is -0.696. The number of amides is 2. The molecular weight excluding hydrogens is 248 g/mol. The first-order valence-corrected chi connectivity index (χ1v) is 6.85. The van der Waals surface area contributed by atoms with Gasteiger partial charge in [-0.1, -0.05) is 32.1 Å². The Bertz CT molecular complexity index is 303. The Hall–Kier alpha value is -1.30. The monoisotopic (exact) mass is 272 g/mol. The second-order valence-corrected chi connectivity index (χ2v) is 5.13. The Kier molecular flexibility index (Phi) is 6.62. The highest BCUT2D eigenvalue weighted by Gasteiger charge is 2.26. The van der Waals surface area contributed by atoms with Crippen molar-refractivity contribution in [1.82, 2.24) is 10.6 Å². The van der Waals surface area contributed by atoms with Gasteiger partial charge in [0.2, 0.25) is 5.91 Å². The van der Waals surface area contributed by atoms with Gasteiger partial charge in [-0.25, -0.2) is 4.79 Å². The molecule has 0 aromatic carbocycles. The normalized spacial score (nSPS) is 19.5. The van der Waals surface area contributed by atoms with Gasteiger partial charge in [0.05, 0.1) is 0 Å². The van der Waals surface area contributed by atoms with Crippen molar-refractivity contribution in [2.24, 2.45) is 5.92 Å². The highest BCUT2D eigenvalue weighted by Crippen LogP contribution is 2.27. The van der Waals surface area contributed by atoms with Crippen LogP contribution in [0.25, 0.3) is 0 Å². The Morgan fingerprint density at radius 2 is 1.89 bits per heavy atom. The van der Waals surface area contributed by atoms with E-state index >= 15 is 0 Å². The maximum Gasteiger partial charge on any atom is 0.405 e. The number of methoxy groups -OCH3 is 1. The molecule has 19 heavy (non-hydrogen) atoms. The molecule has 2 unspecified atom stereocenters. The van der Waals surface area contributed by atoms with Gasteiger partial charge < -0.3 is 20.5 Å². The number of rotatable bonds is 6. The topological polar surface area (TPSA) is 87.7 Å². The van der Waals surface area contributed by atoms with E-state index in [9.17, 15) is 9.59 Å². The predicted octanol–water partition coefficient (Wildman–Crippen LogP) is 1.70. The quantitative estimate of drug-likeness (QED) is 0.642. The lowest BCUT2D eigenvalue weighted by molar-refractivity contribution is -0.126. The average Bonchev–Trinajstić information content (AvgIpc) is 2.38. The molecule has 6 nitrogen and oxygen atoms in total. The number of hydrogen-bond donors (Lipinski definition) is 3. The van der Waals surface area contributed by atoms with Gasteiger partial charge in [0.1, 0.15) is 12.3 Å². The minimum atomic E-state index is -1.17. The number of carboxylic acid groups (broad SMARTS) is 1. The molecule has 110 valence electrons. The smallest absolute Gasteiger partial charge is 0.405 e. The molecule has 0 bridgehead atoms. The molecule has 1 aliphatic carbocycles. The average molecular weight is 272 g/mol. The molecule has 1 rings (SSSR count). The molecule has 0 radical (unpaired) electrons. The third-order valence-electron chi connectivity index (χ3n) is 3.61. The zero-order chi connectivity index (χ0) is 14.3. The van der Waals surface area contributed by atoms with E-state index in [4.69, 9.17) is 9.84 Å². The molecule has 0 saturated heterocycles.